The molecule has 1 atom stereocenters. The smallest absolute Gasteiger partial charge is 0.224 e. The molecule has 0 unspecified atom stereocenters. The molecule has 3 aromatic heterocycles. The van der Waals surface area contributed by atoms with Crippen LogP contribution in [0.2, 0.25) is 0 Å². The second kappa shape index (κ2) is 5.01. The summed E-state index contributed by atoms with van der Waals surface area (Å²) in [5.41, 5.74) is 8.16. The Morgan fingerprint density at radius 3 is 2.76 bits per heavy atom. The SMILES string of the molecule is Cc1nc2c(N[C@@H](C)c3ccccn3)nc(N)nc2n1C. The number of nitrogens with one attached hydrogen (secondary N) is 1. The monoisotopic (exact) mass is 283 g/mol. The minimum Gasteiger partial charge on any atom is -0.368 e. The van der Waals surface area contributed by atoms with Gasteiger partial charge in [-0.25, -0.2) is 4.98 Å². The predicted molar refractivity (Wildman–Crippen MR) is 81.7 cm³/mol. The van der Waals surface area contributed by atoms with E-state index in [4.69, 9.17) is 5.73 Å². The van der Waals surface area contributed by atoms with Gasteiger partial charge >= 0.3 is 0 Å². The molecule has 0 aromatic carbocycles. The van der Waals surface area contributed by atoms with Crippen molar-refractivity contribution in [2.45, 2.75) is 19.9 Å². The lowest BCUT2D eigenvalue weighted by Crippen LogP contribution is -2.11. The number of imidazole rings is 1. The van der Waals surface area contributed by atoms with Crippen molar-refractivity contribution in [3.05, 3.63) is 35.9 Å². The van der Waals surface area contributed by atoms with Gasteiger partial charge in [0.05, 0.1) is 11.7 Å². The highest BCUT2D eigenvalue weighted by atomic mass is 15.2. The number of aryl methyl sites for hydroxylation is 2. The lowest BCUT2D eigenvalue weighted by molar-refractivity contribution is 0.833. The van der Waals surface area contributed by atoms with Crippen LogP contribution >= 0.6 is 0 Å². The molecule has 3 rings (SSSR count). The molecule has 0 amide bonds. The Labute approximate surface area is 122 Å². The first-order valence-electron chi connectivity index (χ1n) is 6.70. The van der Waals surface area contributed by atoms with E-state index in [-0.39, 0.29) is 12.0 Å². The molecule has 0 spiro atoms. The van der Waals surface area contributed by atoms with Crippen LogP contribution in [0.1, 0.15) is 24.5 Å². The van der Waals surface area contributed by atoms with Gasteiger partial charge in [0, 0.05) is 13.2 Å². The third kappa shape index (κ3) is 2.37. The Hall–Kier alpha value is -2.70. The van der Waals surface area contributed by atoms with Gasteiger partial charge in [0.1, 0.15) is 5.82 Å². The molecule has 0 saturated carbocycles. The maximum atomic E-state index is 5.80. The van der Waals surface area contributed by atoms with Gasteiger partial charge in [0.2, 0.25) is 5.95 Å². The van der Waals surface area contributed by atoms with E-state index in [1.165, 1.54) is 0 Å². The molecule has 0 saturated heterocycles. The molecule has 0 aliphatic heterocycles. The quantitative estimate of drug-likeness (QED) is 0.761. The number of aromatic nitrogens is 5. The second-order valence-corrected chi connectivity index (χ2v) is 4.94. The molecule has 3 aromatic rings. The lowest BCUT2D eigenvalue weighted by Gasteiger charge is -2.14. The maximum Gasteiger partial charge on any atom is 0.224 e. The van der Waals surface area contributed by atoms with Crippen molar-refractivity contribution in [1.82, 2.24) is 24.5 Å². The van der Waals surface area contributed by atoms with Gasteiger partial charge in [-0.2, -0.15) is 9.97 Å². The molecule has 0 aliphatic rings. The number of nitrogens with two attached hydrogens (primary N) is 1. The normalized spacial score (nSPS) is 12.5. The van der Waals surface area contributed by atoms with Crippen LogP contribution in [0.5, 0.6) is 0 Å². The van der Waals surface area contributed by atoms with Crippen LogP contribution in [0.4, 0.5) is 11.8 Å². The number of hydrogen-bond acceptors (Lipinski definition) is 6. The van der Waals surface area contributed by atoms with Gasteiger partial charge in [-0.05, 0) is 26.0 Å². The summed E-state index contributed by atoms with van der Waals surface area (Å²) in [6.07, 6.45) is 1.77. The number of rotatable bonds is 3. The Balaban J connectivity index is 2.02. The Kier molecular flexibility index (Phi) is 3.17. The van der Waals surface area contributed by atoms with Crippen LogP contribution < -0.4 is 11.1 Å². The van der Waals surface area contributed by atoms with Crippen LogP contribution in [0.15, 0.2) is 24.4 Å². The number of nitrogens with zero attached hydrogens (tertiary/aromatic N) is 5. The van der Waals surface area contributed by atoms with Crippen molar-refractivity contribution < 1.29 is 0 Å². The van der Waals surface area contributed by atoms with Gasteiger partial charge < -0.3 is 15.6 Å². The molecule has 108 valence electrons. The van der Waals surface area contributed by atoms with E-state index in [0.717, 1.165) is 17.2 Å². The maximum absolute atomic E-state index is 5.80. The fraction of sp³-hybridized carbons (Fsp3) is 0.286. The highest BCUT2D eigenvalue weighted by Crippen LogP contribution is 2.24. The molecule has 0 radical (unpaired) electrons. The fourth-order valence-corrected chi connectivity index (χ4v) is 2.20. The molecule has 0 aliphatic carbocycles. The van der Waals surface area contributed by atoms with Crippen LogP contribution in [-0.2, 0) is 7.05 Å². The van der Waals surface area contributed by atoms with E-state index in [1.54, 1.807) is 6.20 Å². The number of hydrogen-bond donors (Lipinski definition) is 2. The molecule has 3 N–H and O–H groups in total. The van der Waals surface area contributed by atoms with Crippen LogP contribution in [-0.4, -0.2) is 24.5 Å². The topological polar surface area (TPSA) is 94.5 Å². The summed E-state index contributed by atoms with van der Waals surface area (Å²) in [6.45, 7) is 3.94. The highest BCUT2D eigenvalue weighted by Gasteiger charge is 2.15. The van der Waals surface area contributed by atoms with E-state index in [2.05, 4.69) is 25.3 Å². The average molecular weight is 283 g/mol. The van der Waals surface area contributed by atoms with E-state index >= 15 is 0 Å². The second-order valence-electron chi connectivity index (χ2n) is 4.94. The summed E-state index contributed by atoms with van der Waals surface area (Å²) >= 11 is 0. The van der Waals surface area contributed by atoms with Crippen molar-refractivity contribution in [1.29, 1.82) is 0 Å². The van der Waals surface area contributed by atoms with Crippen molar-refractivity contribution >= 4 is 22.9 Å². The lowest BCUT2D eigenvalue weighted by atomic mass is 10.2. The third-order valence-electron chi connectivity index (χ3n) is 3.44. The first kappa shape index (κ1) is 13.3. The average Bonchev–Trinajstić information content (AvgIpc) is 2.76. The van der Waals surface area contributed by atoms with Crippen LogP contribution in [0.25, 0.3) is 11.2 Å². The number of nitrogen functional groups attached to an aromatic ring is 1. The van der Waals surface area contributed by atoms with Crippen LogP contribution in [0, 0.1) is 6.92 Å². The molecule has 0 bridgehead atoms. The minimum absolute atomic E-state index is 0.00832. The van der Waals surface area contributed by atoms with Crippen molar-refractivity contribution in [2.75, 3.05) is 11.1 Å². The van der Waals surface area contributed by atoms with Gasteiger partial charge in [-0.1, -0.05) is 6.07 Å². The van der Waals surface area contributed by atoms with E-state index < -0.39 is 0 Å². The van der Waals surface area contributed by atoms with Gasteiger partial charge in [0.15, 0.2) is 17.0 Å². The standard InChI is InChI=1S/C14H17N7/c1-8(10-6-4-5-7-16-10)17-12-11-13(20-14(15)19-12)21(3)9(2)18-11/h4-8H,1-3H3,(H3,15,17,19,20)/t8-/m0/s1. The Bertz CT molecular complexity index is 779. The zero-order chi connectivity index (χ0) is 15.0. The summed E-state index contributed by atoms with van der Waals surface area (Å²) < 4.78 is 1.89. The number of anilines is 2. The minimum atomic E-state index is -0.00832. The van der Waals surface area contributed by atoms with Crippen LogP contribution in [0.3, 0.4) is 0 Å². The summed E-state index contributed by atoms with van der Waals surface area (Å²) in [5.74, 6) is 1.71. The largest absolute Gasteiger partial charge is 0.368 e. The van der Waals surface area contributed by atoms with Gasteiger partial charge in [-0.3, -0.25) is 4.98 Å². The first-order valence-corrected chi connectivity index (χ1v) is 6.70. The summed E-state index contributed by atoms with van der Waals surface area (Å²) in [6, 6.07) is 5.79. The summed E-state index contributed by atoms with van der Waals surface area (Å²) in [4.78, 5) is 17.4. The molecular formula is C14H17N7. The molecule has 0 fully saturated rings. The Morgan fingerprint density at radius 1 is 1.24 bits per heavy atom. The molecule has 3 heterocycles. The highest BCUT2D eigenvalue weighted by molar-refractivity contribution is 5.84. The van der Waals surface area contributed by atoms with E-state index in [1.807, 2.05) is 43.7 Å². The van der Waals surface area contributed by atoms with Gasteiger partial charge in [0.25, 0.3) is 0 Å². The van der Waals surface area contributed by atoms with Gasteiger partial charge in [-0.15, -0.1) is 0 Å². The first-order chi connectivity index (χ1) is 10.1. The third-order valence-corrected chi connectivity index (χ3v) is 3.44. The van der Waals surface area contributed by atoms with Crippen molar-refractivity contribution in [3.8, 4) is 0 Å². The molecule has 21 heavy (non-hydrogen) atoms. The van der Waals surface area contributed by atoms with E-state index in [0.29, 0.717) is 11.3 Å². The number of fused-ring (bicyclic) bond motifs is 1. The molecule has 7 nitrogen and oxygen atoms in total. The fourth-order valence-electron chi connectivity index (χ4n) is 2.20. The zero-order valence-electron chi connectivity index (χ0n) is 12.2. The zero-order valence-corrected chi connectivity index (χ0v) is 12.2. The predicted octanol–water partition coefficient (Wildman–Crippen LogP) is 1.82. The summed E-state index contributed by atoms with van der Waals surface area (Å²) in [5, 5.41) is 3.31. The van der Waals surface area contributed by atoms with Crippen molar-refractivity contribution in [2.24, 2.45) is 7.05 Å². The molecular weight excluding hydrogens is 266 g/mol. The van der Waals surface area contributed by atoms with Crippen molar-refractivity contribution in [3.63, 3.8) is 0 Å². The van der Waals surface area contributed by atoms with E-state index in [9.17, 15) is 0 Å². The summed E-state index contributed by atoms with van der Waals surface area (Å²) in [7, 11) is 1.91. The number of pyridine rings is 1. The molecule has 7 heteroatoms. The Morgan fingerprint density at radius 2 is 2.05 bits per heavy atom.